The number of halogens is 4. The molecule has 5 nitrogen and oxygen atoms in total. The van der Waals surface area contributed by atoms with Crippen LogP contribution in [-0.2, 0) is 26.4 Å². The van der Waals surface area contributed by atoms with Crippen LogP contribution in [-0.4, -0.2) is 24.4 Å². The van der Waals surface area contributed by atoms with Gasteiger partial charge in [-0.15, -0.1) is 0 Å². The van der Waals surface area contributed by atoms with Gasteiger partial charge in [-0.25, -0.2) is 4.98 Å². The van der Waals surface area contributed by atoms with Crippen molar-refractivity contribution in [3.8, 4) is 0 Å². The maximum Gasteiger partial charge on any atom is 0.435 e. The van der Waals surface area contributed by atoms with Gasteiger partial charge in [0.1, 0.15) is 17.6 Å². The largest absolute Gasteiger partial charge is 0.435 e. The predicted molar refractivity (Wildman–Crippen MR) is 69.9 cm³/mol. The lowest BCUT2D eigenvalue weighted by Crippen LogP contribution is -2.13. The number of rotatable bonds is 3. The normalized spacial score (nSPS) is 12.2. The molecule has 116 valence electrons. The fourth-order valence-corrected chi connectivity index (χ4v) is 2.31. The lowest BCUT2D eigenvalue weighted by Gasteiger charge is -2.11. The van der Waals surface area contributed by atoms with Crippen molar-refractivity contribution in [3.63, 3.8) is 0 Å². The molecule has 0 aromatic carbocycles. The van der Waals surface area contributed by atoms with Gasteiger partial charge < -0.3 is 9.67 Å². The van der Waals surface area contributed by atoms with Crippen LogP contribution in [0.25, 0.3) is 0 Å². The summed E-state index contributed by atoms with van der Waals surface area (Å²) in [4.78, 5) is 4.11. The van der Waals surface area contributed by atoms with Crippen molar-refractivity contribution < 1.29 is 18.3 Å². The topological polar surface area (TPSA) is 55.9 Å². The number of hydrogen-bond acceptors (Lipinski definition) is 3. The molecule has 0 saturated carbocycles. The van der Waals surface area contributed by atoms with Gasteiger partial charge in [-0.1, -0.05) is 11.6 Å². The number of aliphatic hydroxyl groups excluding tert-OH is 1. The highest BCUT2D eigenvalue weighted by Gasteiger charge is 2.38. The minimum absolute atomic E-state index is 0.0861. The molecule has 1 N–H and O–H groups in total. The summed E-state index contributed by atoms with van der Waals surface area (Å²) in [5.41, 5.74) is 0.159. The van der Waals surface area contributed by atoms with Crippen LogP contribution in [0.5, 0.6) is 0 Å². The van der Waals surface area contributed by atoms with E-state index in [1.54, 1.807) is 13.8 Å². The highest BCUT2D eigenvalue weighted by Crippen LogP contribution is 2.35. The Hall–Kier alpha value is -1.54. The number of aryl methyl sites for hydroxylation is 2. The molecule has 0 aliphatic rings. The van der Waals surface area contributed by atoms with Crippen LogP contribution in [0.3, 0.4) is 0 Å². The Kier molecular flexibility index (Phi) is 4.03. The van der Waals surface area contributed by atoms with Crippen LogP contribution < -0.4 is 0 Å². The molecular weight excluding hydrogens is 309 g/mol. The molecule has 0 radical (unpaired) electrons. The van der Waals surface area contributed by atoms with E-state index in [9.17, 15) is 18.3 Å². The molecule has 0 spiro atoms. The number of alkyl halides is 3. The van der Waals surface area contributed by atoms with Gasteiger partial charge in [-0.2, -0.15) is 18.3 Å². The van der Waals surface area contributed by atoms with Gasteiger partial charge in [0.15, 0.2) is 5.69 Å². The van der Waals surface area contributed by atoms with Crippen molar-refractivity contribution in [3.05, 3.63) is 33.6 Å². The SMILES string of the molecule is Cc1nc(CO)n(Cc2c(C(F)(F)F)nn(C)c2Cl)c1C. The first-order valence-electron chi connectivity index (χ1n) is 6.08. The third-order valence-electron chi connectivity index (χ3n) is 3.33. The zero-order valence-electron chi connectivity index (χ0n) is 11.7. The number of hydrogen-bond donors (Lipinski definition) is 1. The van der Waals surface area contributed by atoms with E-state index in [-0.39, 0.29) is 29.7 Å². The van der Waals surface area contributed by atoms with E-state index >= 15 is 0 Å². The van der Waals surface area contributed by atoms with E-state index in [1.165, 1.54) is 11.6 Å². The first-order valence-corrected chi connectivity index (χ1v) is 6.46. The van der Waals surface area contributed by atoms with Gasteiger partial charge in [-0.3, -0.25) is 4.68 Å². The molecular formula is C12H14ClF3N4O. The van der Waals surface area contributed by atoms with E-state index in [0.29, 0.717) is 11.4 Å². The van der Waals surface area contributed by atoms with Crippen LogP contribution in [0.15, 0.2) is 0 Å². The Morgan fingerprint density at radius 3 is 2.43 bits per heavy atom. The predicted octanol–water partition coefficient (Wildman–Crippen LogP) is 2.45. The van der Waals surface area contributed by atoms with Gasteiger partial charge in [0.2, 0.25) is 0 Å². The molecule has 2 heterocycles. The fraction of sp³-hybridized carbons (Fsp3) is 0.500. The Morgan fingerprint density at radius 1 is 1.29 bits per heavy atom. The zero-order valence-corrected chi connectivity index (χ0v) is 12.4. The van der Waals surface area contributed by atoms with Gasteiger partial charge in [0.05, 0.1) is 12.2 Å². The molecule has 9 heteroatoms. The first kappa shape index (κ1) is 15.8. The summed E-state index contributed by atoms with van der Waals surface area (Å²) >= 11 is 5.93. The van der Waals surface area contributed by atoms with E-state index < -0.39 is 11.9 Å². The summed E-state index contributed by atoms with van der Waals surface area (Å²) in [6.07, 6.45) is -4.59. The number of aromatic nitrogens is 4. The Morgan fingerprint density at radius 2 is 1.90 bits per heavy atom. The minimum Gasteiger partial charge on any atom is -0.388 e. The summed E-state index contributed by atoms with van der Waals surface area (Å²) in [5, 5.41) is 12.6. The quantitative estimate of drug-likeness (QED) is 0.944. The number of aliphatic hydroxyl groups is 1. The third kappa shape index (κ3) is 2.77. The molecule has 0 aliphatic heterocycles. The number of nitrogens with zero attached hydrogens (tertiary/aromatic N) is 4. The molecule has 21 heavy (non-hydrogen) atoms. The Labute approximate surface area is 124 Å². The summed E-state index contributed by atoms with van der Waals surface area (Å²) in [7, 11) is 1.35. The Bertz CT molecular complexity index is 675. The lowest BCUT2D eigenvalue weighted by molar-refractivity contribution is -0.142. The maximum absolute atomic E-state index is 13.0. The molecule has 0 saturated heterocycles. The van der Waals surface area contributed by atoms with Gasteiger partial charge >= 0.3 is 6.18 Å². The van der Waals surface area contributed by atoms with E-state index in [4.69, 9.17) is 11.6 Å². The second-order valence-electron chi connectivity index (χ2n) is 4.68. The zero-order chi connectivity index (χ0) is 15.9. The highest BCUT2D eigenvalue weighted by atomic mass is 35.5. The number of imidazole rings is 1. The van der Waals surface area contributed by atoms with Crippen molar-refractivity contribution >= 4 is 11.6 Å². The standard InChI is InChI=1S/C12H14ClF3N4O/c1-6-7(2)20(9(5-21)17-6)4-8-10(12(14,15)16)18-19(3)11(8)13/h21H,4-5H2,1-3H3. The van der Waals surface area contributed by atoms with E-state index in [1.807, 2.05) is 0 Å². The van der Waals surface area contributed by atoms with Crippen LogP contribution in [0.2, 0.25) is 5.15 Å². The monoisotopic (exact) mass is 322 g/mol. The second kappa shape index (κ2) is 5.34. The molecule has 0 aliphatic carbocycles. The molecule has 2 aromatic heterocycles. The third-order valence-corrected chi connectivity index (χ3v) is 3.80. The van der Waals surface area contributed by atoms with Gasteiger partial charge in [-0.05, 0) is 13.8 Å². The highest BCUT2D eigenvalue weighted by molar-refractivity contribution is 6.30. The van der Waals surface area contributed by atoms with Crippen molar-refractivity contribution in [2.75, 3.05) is 0 Å². The maximum atomic E-state index is 13.0. The smallest absolute Gasteiger partial charge is 0.388 e. The van der Waals surface area contributed by atoms with Gasteiger partial charge in [0.25, 0.3) is 0 Å². The second-order valence-corrected chi connectivity index (χ2v) is 5.04. The average Bonchev–Trinajstić information content (AvgIpc) is 2.83. The van der Waals surface area contributed by atoms with Crippen molar-refractivity contribution in [1.29, 1.82) is 0 Å². The fourth-order valence-electron chi connectivity index (χ4n) is 2.13. The van der Waals surface area contributed by atoms with Crippen molar-refractivity contribution in [2.24, 2.45) is 7.05 Å². The van der Waals surface area contributed by atoms with Gasteiger partial charge in [0, 0.05) is 18.3 Å². The van der Waals surface area contributed by atoms with E-state index in [0.717, 1.165) is 4.68 Å². The molecule has 0 unspecified atom stereocenters. The Balaban J connectivity index is 2.55. The van der Waals surface area contributed by atoms with Crippen LogP contribution >= 0.6 is 11.6 Å². The molecule has 0 fully saturated rings. The van der Waals surface area contributed by atoms with Crippen molar-refractivity contribution in [1.82, 2.24) is 19.3 Å². The molecule has 2 aromatic rings. The summed E-state index contributed by atoms with van der Waals surface area (Å²) in [6, 6.07) is 0. The molecule has 0 atom stereocenters. The van der Waals surface area contributed by atoms with Crippen LogP contribution in [0, 0.1) is 13.8 Å². The first-order chi connectivity index (χ1) is 9.66. The van der Waals surface area contributed by atoms with Crippen molar-refractivity contribution in [2.45, 2.75) is 33.2 Å². The van der Waals surface area contributed by atoms with Crippen LogP contribution in [0.1, 0.15) is 28.5 Å². The summed E-state index contributed by atoms with van der Waals surface area (Å²) < 4.78 is 41.6. The van der Waals surface area contributed by atoms with Crippen LogP contribution in [0.4, 0.5) is 13.2 Å². The summed E-state index contributed by atoms with van der Waals surface area (Å²) in [5.74, 6) is 0.290. The lowest BCUT2D eigenvalue weighted by atomic mass is 10.2. The van der Waals surface area contributed by atoms with E-state index in [2.05, 4.69) is 10.1 Å². The minimum atomic E-state index is -4.59. The molecule has 0 amide bonds. The molecule has 0 bridgehead atoms. The average molecular weight is 323 g/mol. The summed E-state index contributed by atoms with van der Waals surface area (Å²) in [6.45, 7) is 2.93. The molecule has 2 rings (SSSR count).